The Labute approximate surface area is 157 Å². The Balaban J connectivity index is 2.07. The highest BCUT2D eigenvalue weighted by molar-refractivity contribution is 6.44. The fourth-order valence-electron chi connectivity index (χ4n) is 2.63. The van der Waals surface area contributed by atoms with Gasteiger partial charge in [0.25, 0.3) is 0 Å². The van der Waals surface area contributed by atoms with Gasteiger partial charge in [0.1, 0.15) is 0 Å². The first-order valence-electron chi connectivity index (χ1n) is 7.88. The Morgan fingerprint density at radius 1 is 1.08 bits per heavy atom. The van der Waals surface area contributed by atoms with Crippen LogP contribution in [0.2, 0.25) is 10.0 Å². The SMILES string of the molecule is CC(=O)N(CCC(=O)Nc1cc(C)cc(C)c1)c1cccc(Cl)c1Cl. The van der Waals surface area contributed by atoms with Crippen LogP contribution >= 0.6 is 23.2 Å². The third-order valence-corrected chi connectivity index (χ3v) is 4.48. The van der Waals surface area contributed by atoms with Gasteiger partial charge in [0, 0.05) is 25.6 Å². The number of rotatable bonds is 5. The van der Waals surface area contributed by atoms with Gasteiger partial charge in [-0.1, -0.05) is 35.3 Å². The van der Waals surface area contributed by atoms with Gasteiger partial charge in [0.05, 0.1) is 15.7 Å². The first kappa shape index (κ1) is 19.3. The quantitative estimate of drug-likeness (QED) is 0.796. The number of nitrogens with one attached hydrogen (secondary N) is 1. The zero-order chi connectivity index (χ0) is 18.6. The zero-order valence-electron chi connectivity index (χ0n) is 14.4. The minimum absolute atomic E-state index is 0.148. The van der Waals surface area contributed by atoms with Crippen molar-refractivity contribution in [3.05, 3.63) is 57.6 Å². The van der Waals surface area contributed by atoms with Crippen molar-refractivity contribution in [1.82, 2.24) is 0 Å². The molecule has 2 aromatic carbocycles. The molecule has 0 saturated heterocycles. The average Bonchev–Trinajstić information content (AvgIpc) is 2.50. The van der Waals surface area contributed by atoms with Gasteiger partial charge in [-0.05, 0) is 49.2 Å². The van der Waals surface area contributed by atoms with Gasteiger partial charge < -0.3 is 10.2 Å². The number of anilines is 2. The summed E-state index contributed by atoms with van der Waals surface area (Å²) < 4.78 is 0. The standard InChI is InChI=1S/C19H20Cl2N2O2/c1-12-9-13(2)11-15(10-12)22-18(25)7-8-23(14(3)24)17-6-4-5-16(20)19(17)21/h4-6,9-11H,7-8H2,1-3H3,(H,22,25). The molecule has 2 rings (SSSR count). The number of amides is 2. The molecule has 2 aromatic rings. The smallest absolute Gasteiger partial charge is 0.226 e. The summed E-state index contributed by atoms with van der Waals surface area (Å²) >= 11 is 12.2. The lowest BCUT2D eigenvalue weighted by Gasteiger charge is -2.22. The number of hydrogen-bond donors (Lipinski definition) is 1. The molecule has 0 fully saturated rings. The van der Waals surface area contributed by atoms with Gasteiger partial charge >= 0.3 is 0 Å². The second-order valence-electron chi connectivity index (χ2n) is 5.92. The summed E-state index contributed by atoms with van der Waals surface area (Å²) in [5, 5.41) is 3.53. The van der Waals surface area contributed by atoms with Crippen LogP contribution in [0.15, 0.2) is 36.4 Å². The normalized spacial score (nSPS) is 10.4. The topological polar surface area (TPSA) is 49.4 Å². The maximum Gasteiger partial charge on any atom is 0.226 e. The highest BCUT2D eigenvalue weighted by Gasteiger charge is 2.17. The molecule has 0 unspecified atom stereocenters. The molecule has 6 heteroatoms. The Bertz CT molecular complexity index is 786. The second kappa shape index (κ2) is 8.37. The van der Waals surface area contributed by atoms with Crippen molar-refractivity contribution in [2.45, 2.75) is 27.2 Å². The largest absolute Gasteiger partial charge is 0.326 e. The Morgan fingerprint density at radius 2 is 1.72 bits per heavy atom. The highest BCUT2D eigenvalue weighted by atomic mass is 35.5. The summed E-state index contributed by atoms with van der Waals surface area (Å²) in [5.74, 6) is -0.377. The van der Waals surface area contributed by atoms with Gasteiger partial charge in [-0.3, -0.25) is 9.59 Å². The summed E-state index contributed by atoms with van der Waals surface area (Å²) in [5.41, 5.74) is 3.40. The van der Waals surface area contributed by atoms with Crippen molar-refractivity contribution in [2.75, 3.05) is 16.8 Å². The van der Waals surface area contributed by atoms with Gasteiger partial charge in [0.15, 0.2) is 0 Å². The zero-order valence-corrected chi connectivity index (χ0v) is 15.9. The van der Waals surface area contributed by atoms with Crippen LogP contribution in [0.25, 0.3) is 0 Å². The molecule has 0 bridgehead atoms. The third kappa shape index (κ3) is 5.21. The van der Waals surface area contributed by atoms with E-state index in [0.29, 0.717) is 15.7 Å². The van der Waals surface area contributed by atoms with Crippen molar-refractivity contribution in [2.24, 2.45) is 0 Å². The summed E-state index contributed by atoms with van der Waals surface area (Å²) in [6.45, 7) is 5.59. The second-order valence-corrected chi connectivity index (χ2v) is 6.70. The van der Waals surface area contributed by atoms with Crippen LogP contribution in [0.3, 0.4) is 0 Å². The van der Waals surface area contributed by atoms with E-state index in [4.69, 9.17) is 23.2 Å². The van der Waals surface area contributed by atoms with Crippen LogP contribution in [0.5, 0.6) is 0 Å². The Kier molecular flexibility index (Phi) is 6.45. The molecule has 0 radical (unpaired) electrons. The summed E-state index contributed by atoms with van der Waals surface area (Å²) in [7, 11) is 0. The van der Waals surface area contributed by atoms with Crippen LogP contribution in [-0.4, -0.2) is 18.4 Å². The van der Waals surface area contributed by atoms with Gasteiger partial charge in [-0.2, -0.15) is 0 Å². The number of benzene rings is 2. The molecule has 0 aliphatic rings. The van der Waals surface area contributed by atoms with Crippen LogP contribution in [-0.2, 0) is 9.59 Å². The van der Waals surface area contributed by atoms with Gasteiger partial charge in [0.2, 0.25) is 11.8 Å². The van der Waals surface area contributed by atoms with E-state index in [-0.39, 0.29) is 24.8 Å². The molecule has 0 atom stereocenters. The van der Waals surface area contributed by atoms with Crippen LogP contribution in [0.1, 0.15) is 24.5 Å². The summed E-state index contributed by atoms with van der Waals surface area (Å²) in [6, 6.07) is 10.9. The van der Waals surface area contributed by atoms with Crippen LogP contribution in [0.4, 0.5) is 11.4 Å². The molecule has 2 amide bonds. The molecule has 0 spiro atoms. The molecule has 0 aromatic heterocycles. The molecular formula is C19H20Cl2N2O2. The maximum absolute atomic E-state index is 12.2. The summed E-state index contributed by atoms with van der Waals surface area (Å²) in [4.78, 5) is 25.7. The molecule has 0 aliphatic heterocycles. The predicted octanol–water partition coefficient (Wildman–Crippen LogP) is 4.99. The monoisotopic (exact) mass is 378 g/mol. The van der Waals surface area contributed by atoms with E-state index in [0.717, 1.165) is 16.8 Å². The van der Waals surface area contributed by atoms with Gasteiger partial charge in [-0.15, -0.1) is 0 Å². The highest BCUT2D eigenvalue weighted by Crippen LogP contribution is 2.32. The van der Waals surface area contributed by atoms with Crippen LogP contribution < -0.4 is 10.2 Å². The van der Waals surface area contributed by atoms with Crippen molar-refractivity contribution in [1.29, 1.82) is 0 Å². The molecule has 0 heterocycles. The van der Waals surface area contributed by atoms with E-state index in [1.807, 2.05) is 32.0 Å². The van der Waals surface area contributed by atoms with Crippen molar-refractivity contribution >= 4 is 46.4 Å². The number of carbonyl (C=O) groups is 2. The number of hydrogen-bond acceptors (Lipinski definition) is 2. The molecule has 4 nitrogen and oxygen atoms in total. The lowest BCUT2D eigenvalue weighted by atomic mass is 10.1. The lowest BCUT2D eigenvalue weighted by Crippen LogP contribution is -2.32. The van der Waals surface area contributed by atoms with Crippen LogP contribution in [0, 0.1) is 13.8 Å². The lowest BCUT2D eigenvalue weighted by molar-refractivity contribution is -0.117. The number of carbonyl (C=O) groups excluding carboxylic acids is 2. The van der Waals surface area contributed by atoms with E-state index in [1.165, 1.54) is 11.8 Å². The fourth-order valence-corrected chi connectivity index (χ4v) is 3.03. The molecular weight excluding hydrogens is 359 g/mol. The third-order valence-electron chi connectivity index (χ3n) is 3.67. The average molecular weight is 379 g/mol. The molecule has 1 N–H and O–H groups in total. The Morgan fingerprint density at radius 3 is 2.32 bits per heavy atom. The first-order chi connectivity index (χ1) is 11.8. The van der Waals surface area contributed by atoms with Crippen molar-refractivity contribution in [3.63, 3.8) is 0 Å². The maximum atomic E-state index is 12.2. The van der Waals surface area contributed by atoms with Crippen molar-refractivity contribution in [3.8, 4) is 0 Å². The van der Waals surface area contributed by atoms with E-state index in [2.05, 4.69) is 5.32 Å². The first-order valence-corrected chi connectivity index (χ1v) is 8.64. The number of aryl methyl sites for hydroxylation is 2. The minimum atomic E-state index is -0.205. The minimum Gasteiger partial charge on any atom is -0.326 e. The Hall–Kier alpha value is -2.04. The van der Waals surface area contributed by atoms with Crippen molar-refractivity contribution < 1.29 is 9.59 Å². The van der Waals surface area contributed by atoms with E-state index in [9.17, 15) is 9.59 Å². The predicted molar refractivity (Wildman–Crippen MR) is 104 cm³/mol. The van der Waals surface area contributed by atoms with E-state index < -0.39 is 0 Å². The van der Waals surface area contributed by atoms with E-state index in [1.54, 1.807) is 18.2 Å². The molecule has 25 heavy (non-hydrogen) atoms. The number of halogens is 2. The molecule has 132 valence electrons. The molecule has 0 aliphatic carbocycles. The fraction of sp³-hybridized carbons (Fsp3) is 0.263. The molecule has 0 saturated carbocycles. The van der Waals surface area contributed by atoms with E-state index >= 15 is 0 Å². The summed E-state index contributed by atoms with van der Waals surface area (Å²) in [6.07, 6.45) is 0.148. The number of nitrogens with zero attached hydrogens (tertiary/aromatic N) is 1. The van der Waals surface area contributed by atoms with Gasteiger partial charge in [-0.25, -0.2) is 0 Å².